The highest BCUT2D eigenvalue weighted by Crippen LogP contribution is 2.17. The summed E-state index contributed by atoms with van der Waals surface area (Å²) in [4.78, 5) is 4.18. The van der Waals surface area contributed by atoms with Crippen molar-refractivity contribution in [1.29, 1.82) is 5.26 Å². The van der Waals surface area contributed by atoms with Gasteiger partial charge in [0.1, 0.15) is 6.10 Å². The van der Waals surface area contributed by atoms with Crippen molar-refractivity contribution >= 4 is 5.96 Å². The van der Waals surface area contributed by atoms with Crippen LogP contribution < -0.4 is 15.4 Å². The van der Waals surface area contributed by atoms with Crippen LogP contribution in [0.25, 0.3) is 0 Å². The molecule has 5 nitrogen and oxygen atoms in total. The summed E-state index contributed by atoms with van der Waals surface area (Å²) < 4.78 is 19.4. The van der Waals surface area contributed by atoms with Gasteiger partial charge in [-0.05, 0) is 36.2 Å². The van der Waals surface area contributed by atoms with Crippen LogP contribution in [0.15, 0.2) is 53.5 Å². The van der Waals surface area contributed by atoms with Crippen LogP contribution in [0.4, 0.5) is 4.39 Å². The van der Waals surface area contributed by atoms with E-state index in [2.05, 4.69) is 21.7 Å². The van der Waals surface area contributed by atoms with E-state index < -0.39 is 0 Å². The number of hydrogen-bond acceptors (Lipinski definition) is 3. The van der Waals surface area contributed by atoms with Crippen LogP contribution in [0.2, 0.25) is 0 Å². The molecule has 6 heteroatoms. The van der Waals surface area contributed by atoms with Gasteiger partial charge in [-0.25, -0.2) is 4.39 Å². The number of nitrogens with zero attached hydrogens (tertiary/aromatic N) is 2. The number of halogens is 1. The van der Waals surface area contributed by atoms with Crippen LogP contribution in [-0.4, -0.2) is 25.7 Å². The topological polar surface area (TPSA) is 69.4 Å². The highest BCUT2D eigenvalue weighted by molar-refractivity contribution is 5.79. The normalized spacial score (nSPS) is 12.2. The Balaban J connectivity index is 1.84. The molecular formula is C20H23FN4O. The number of hydrogen-bond donors (Lipinski definition) is 2. The molecule has 1 atom stereocenters. The minimum absolute atomic E-state index is 0.180. The zero-order valence-corrected chi connectivity index (χ0v) is 15.0. The first-order chi connectivity index (χ1) is 12.7. The molecule has 0 aromatic heterocycles. The van der Waals surface area contributed by atoms with E-state index in [0.717, 1.165) is 12.0 Å². The Labute approximate surface area is 153 Å². The summed E-state index contributed by atoms with van der Waals surface area (Å²) in [6.07, 6.45) is 0.550. The molecule has 0 bridgehead atoms. The van der Waals surface area contributed by atoms with Crippen molar-refractivity contribution in [3.63, 3.8) is 0 Å². The summed E-state index contributed by atoms with van der Waals surface area (Å²) in [5.41, 5.74) is 1.67. The van der Waals surface area contributed by atoms with Crippen molar-refractivity contribution in [2.24, 2.45) is 4.99 Å². The average Bonchev–Trinajstić information content (AvgIpc) is 2.69. The minimum Gasteiger partial charge on any atom is -0.486 e. The maximum atomic E-state index is 13.7. The van der Waals surface area contributed by atoms with Crippen LogP contribution in [0.1, 0.15) is 24.5 Å². The van der Waals surface area contributed by atoms with Gasteiger partial charge < -0.3 is 15.4 Å². The smallest absolute Gasteiger partial charge is 0.191 e. The molecule has 0 saturated carbocycles. The summed E-state index contributed by atoms with van der Waals surface area (Å²) >= 11 is 0. The Morgan fingerprint density at radius 3 is 2.54 bits per heavy atom. The molecule has 26 heavy (non-hydrogen) atoms. The van der Waals surface area contributed by atoms with Gasteiger partial charge in [0.05, 0.1) is 18.2 Å². The van der Waals surface area contributed by atoms with Crippen molar-refractivity contribution in [2.75, 3.05) is 13.6 Å². The van der Waals surface area contributed by atoms with E-state index in [-0.39, 0.29) is 17.7 Å². The number of benzene rings is 2. The number of para-hydroxylation sites is 1. The van der Waals surface area contributed by atoms with Crippen LogP contribution in [0.3, 0.4) is 0 Å². The van der Waals surface area contributed by atoms with Crippen molar-refractivity contribution < 1.29 is 9.13 Å². The summed E-state index contributed by atoms with van der Waals surface area (Å²) in [5.74, 6) is 0.515. The fourth-order valence-electron chi connectivity index (χ4n) is 2.30. The van der Waals surface area contributed by atoms with Gasteiger partial charge in [0.25, 0.3) is 0 Å². The molecule has 0 fully saturated rings. The molecule has 2 N–H and O–H groups in total. The summed E-state index contributed by atoms with van der Waals surface area (Å²) in [7, 11) is 1.69. The summed E-state index contributed by atoms with van der Waals surface area (Å²) in [5, 5.41) is 15.2. The van der Waals surface area contributed by atoms with Gasteiger partial charge in [0, 0.05) is 13.6 Å². The fraction of sp³-hybridized carbons (Fsp3) is 0.300. The highest BCUT2D eigenvalue weighted by Gasteiger charge is 2.12. The second-order valence-corrected chi connectivity index (χ2v) is 5.69. The lowest BCUT2D eigenvalue weighted by Crippen LogP contribution is -2.42. The fourth-order valence-corrected chi connectivity index (χ4v) is 2.30. The number of rotatable bonds is 7. The van der Waals surface area contributed by atoms with Crippen LogP contribution in [-0.2, 0) is 6.54 Å². The third kappa shape index (κ3) is 5.78. The molecule has 2 aromatic carbocycles. The predicted octanol–water partition coefficient (Wildman–Crippen LogP) is 3.22. The van der Waals surface area contributed by atoms with E-state index >= 15 is 0 Å². The molecule has 0 radical (unpaired) electrons. The Morgan fingerprint density at radius 1 is 1.19 bits per heavy atom. The van der Waals surface area contributed by atoms with Gasteiger partial charge in [0.15, 0.2) is 17.5 Å². The van der Waals surface area contributed by atoms with Crippen molar-refractivity contribution in [1.82, 2.24) is 10.6 Å². The first-order valence-corrected chi connectivity index (χ1v) is 8.51. The van der Waals surface area contributed by atoms with Crippen molar-refractivity contribution in [3.05, 3.63) is 65.5 Å². The SMILES string of the molecule is CCC(CNC(=NC)NCc1ccc(C#N)cc1)Oc1ccccc1F. The molecule has 2 rings (SSSR count). The highest BCUT2D eigenvalue weighted by atomic mass is 19.1. The third-order valence-electron chi connectivity index (χ3n) is 3.85. The molecule has 0 amide bonds. The quantitative estimate of drug-likeness (QED) is 0.592. The lowest BCUT2D eigenvalue weighted by Gasteiger charge is -2.20. The zero-order valence-electron chi connectivity index (χ0n) is 15.0. The number of guanidine groups is 1. The van der Waals surface area contributed by atoms with Gasteiger partial charge >= 0.3 is 0 Å². The van der Waals surface area contributed by atoms with E-state index in [1.165, 1.54) is 6.07 Å². The molecule has 0 saturated heterocycles. The van der Waals surface area contributed by atoms with E-state index in [4.69, 9.17) is 10.00 Å². The Bertz CT molecular complexity index is 768. The van der Waals surface area contributed by atoms with Gasteiger partial charge in [-0.3, -0.25) is 4.99 Å². The standard InChI is InChI=1S/C20H23FN4O/c1-3-17(26-19-7-5-4-6-18(19)21)14-25-20(23-2)24-13-16-10-8-15(12-22)9-11-16/h4-11,17H,3,13-14H2,1-2H3,(H2,23,24,25). The van der Waals surface area contributed by atoms with E-state index in [1.54, 1.807) is 37.4 Å². The van der Waals surface area contributed by atoms with Gasteiger partial charge in [-0.15, -0.1) is 0 Å². The molecule has 0 aliphatic carbocycles. The van der Waals surface area contributed by atoms with Gasteiger partial charge in [0.2, 0.25) is 0 Å². The van der Waals surface area contributed by atoms with Crippen molar-refractivity contribution in [2.45, 2.75) is 26.0 Å². The first-order valence-electron chi connectivity index (χ1n) is 8.51. The average molecular weight is 354 g/mol. The van der Waals surface area contributed by atoms with E-state index in [9.17, 15) is 4.39 Å². The number of ether oxygens (including phenoxy) is 1. The lowest BCUT2D eigenvalue weighted by molar-refractivity contribution is 0.191. The molecule has 2 aromatic rings. The minimum atomic E-state index is -0.366. The number of nitrogens with one attached hydrogen (secondary N) is 2. The molecule has 136 valence electrons. The van der Waals surface area contributed by atoms with Gasteiger partial charge in [-0.2, -0.15) is 5.26 Å². The Kier molecular flexibility index (Phi) is 7.44. The molecule has 0 aliphatic heterocycles. The first kappa shape index (κ1) is 19.3. The molecule has 0 spiro atoms. The second kappa shape index (κ2) is 10.0. The van der Waals surface area contributed by atoms with E-state index in [1.807, 2.05) is 19.1 Å². The number of aliphatic imine (C=N–C) groups is 1. The Morgan fingerprint density at radius 2 is 1.92 bits per heavy atom. The number of nitriles is 1. The third-order valence-corrected chi connectivity index (χ3v) is 3.85. The van der Waals surface area contributed by atoms with Gasteiger partial charge in [-0.1, -0.05) is 31.2 Å². The second-order valence-electron chi connectivity index (χ2n) is 5.69. The lowest BCUT2D eigenvalue weighted by atomic mass is 10.1. The zero-order chi connectivity index (χ0) is 18.8. The van der Waals surface area contributed by atoms with Crippen LogP contribution >= 0.6 is 0 Å². The van der Waals surface area contributed by atoms with Crippen molar-refractivity contribution in [3.8, 4) is 11.8 Å². The molecule has 1 unspecified atom stereocenters. The summed E-state index contributed by atoms with van der Waals surface area (Å²) in [6.45, 7) is 3.06. The largest absolute Gasteiger partial charge is 0.486 e. The summed E-state index contributed by atoms with van der Waals surface area (Å²) in [6, 6.07) is 15.8. The van der Waals surface area contributed by atoms with E-state index in [0.29, 0.717) is 24.6 Å². The molecule has 0 heterocycles. The van der Waals surface area contributed by atoms with Crippen LogP contribution in [0.5, 0.6) is 5.75 Å². The maximum absolute atomic E-state index is 13.7. The van der Waals surface area contributed by atoms with Crippen LogP contribution in [0, 0.1) is 17.1 Å². The Hall–Kier alpha value is -3.07. The molecular weight excluding hydrogens is 331 g/mol. The predicted molar refractivity (Wildman–Crippen MR) is 100 cm³/mol. The molecule has 0 aliphatic rings. The maximum Gasteiger partial charge on any atom is 0.191 e. The monoisotopic (exact) mass is 354 g/mol.